The third-order valence-corrected chi connectivity index (χ3v) is 7.00. The summed E-state index contributed by atoms with van der Waals surface area (Å²) in [6, 6.07) is 3.86. The first kappa shape index (κ1) is 20.2. The van der Waals surface area contributed by atoms with E-state index in [1.807, 2.05) is 28.3 Å². The molecule has 3 heterocycles. The van der Waals surface area contributed by atoms with E-state index >= 15 is 0 Å². The van der Waals surface area contributed by atoms with Crippen LogP contribution in [0.5, 0.6) is 0 Å². The summed E-state index contributed by atoms with van der Waals surface area (Å²) in [4.78, 5) is 6.28. The smallest absolute Gasteiger partial charge is 0.199 e. The molecule has 9 heteroatoms. The first-order valence-corrected chi connectivity index (χ1v) is 11.6. The molecule has 0 saturated carbocycles. The predicted molar refractivity (Wildman–Crippen MR) is 109 cm³/mol. The predicted octanol–water partition coefficient (Wildman–Crippen LogP) is 2.60. The van der Waals surface area contributed by atoms with Crippen molar-refractivity contribution in [1.82, 2.24) is 24.2 Å². The van der Waals surface area contributed by atoms with Crippen molar-refractivity contribution in [2.24, 2.45) is 5.92 Å². The fraction of sp³-hybridized carbons (Fsp3) is 0.611. The molecule has 2 aromatic rings. The summed E-state index contributed by atoms with van der Waals surface area (Å²) in [6.45, 7) is 8.36. The summed E-state index contributed by atoms with van der Waals surface area (Å²) in [5, 5.41) is 4.76. The molecule has 3 rings (SSSR count). The van der Waals surface area contributed by atoms with Gasteiger partial charge >= 0.3 is 0 Å². The van der Waals surface area contributed by atoms with Crippen molar-refractivity contribution < 1.29 is 8.42 Å². The van der Waals surface area contributed by atoms with E-state index < -0.39 is 9.84 Å². The van der Waals surface area contributed by atoms with E-state index in [1.165, 1.54) is 0 Å². The summed E-state index contributed by atoms with van der Waals surface area (Å²) in [7, 11) is -2.94. The summed E-state index contributed by atoms with van der Waals surface area (Å²) >= 11 is 5.67. The quantitative estimate of drug-likeness (QED) is 0.655. The van der Waals surface area contributed by atoms with Gasteiger partial charge in [-0.1, -0.05) is 13.8 Å². The average molecular weight is 410 g/mol. The zero-order chi connectivity index (χ0) is 19.6. The number of pyridine rings is 1. The van der Waals surface area contributed by atoms with Gasteiger partial charge in [0.15, 0.2) is 20.4 Å². The number of aromatic nitrogens is 4. The molecule has 1 aliphatic rings. The highest BCUT2D eigenvalue weighted by molar-refractivity contribution is 7.91. The van der Waals surface area contributed by atoms with Crippen LogP contribution < -0.4 is 0 Å². The van der Waals surface area contributed by atoms with E-state index in [9.17, 15) is 8.42 Å². The van der Waals surface area contributed by atoms with Crippen LogP contribution in [0.2, 0.25) is 0 Å². The highest BCUT2D eigenvalue weighted by Gasteiger charge is 2.33. The second-order valence-electron chi connectivity index (χ2n) is 7.45. The van der Waals surface area contributed by atoms with Crippen molar-refractivity contribution in [3.8, 4) is 11.4 Å². The van der Waals surface area contributed by atoms with Crippen LogP contribution in [0.3, 0.4) is 0 Å². The molecule has 0 N–H and O–H groups in total. The molecule has 1 unspecified atom stereocenters. The SMILES string of the molecule is CCn1c(-c2ccncc2)nn(CN(CC(C)C)C2CCS(=O)(=O)C2)c1=S. The van der Waals surface area contributed by atoms with Crippen LogP contribution in [0.1, 0.15) is 27.2 Å². The Labute approximate surface area is 165 Å². The largest absolute Gasteiger partial charge is 0.300 e. The Balaban J connectivity index is 1.92. The molecule has 7 nitrogen and oxygen atoms in total. The van der Waals surface area contributed by atoms with Crippen LogP contribution in [-0.2, 0) is 23.1 Å². The number of hydrogen-bond acceptors (Lipinski definition) is 6. The van der Waals surface area contributed by atoms with Crippen molar-refractivity contribution in [2.75, 3.05) is 18.1 Å². The van der Waals surface area contributed by atoms with Gasteiger partial charge in [-0.15, -0.1) is 0 Å². The van der Waals surface area contributed by atoms with Gasteiger partial charge in [-0.25, -0.2) is 13.1 Å². The molecule has 1 saturated heterocycles. The van der Waals surface area contributed by atoms with Gasteiger partial charge in [0.25, 0.3) is 0 Å². The molecule has 0 radical (unpaired) electrons. The van der Waals surface area contributed by atoms with Crippen LogP contribution in [-0.4, -0.2) is 56.7 Å². The molecule has 148 valence electrons. The summed E-state index contributed by atoms with van der Waals surface area (Å²) in [5.41, 5.74) is 0.968. The molecule has 0 aromatic carbocycles. The molecule has 0 amide bonds. The lowest BCUT2D eigenvalue weighted by molar-refractivity contribution is 0.137. The third-order valence-electron chi connectivity index (χ3n) is 4.82. The first-order valence-electron chi connectivity index (χ1n) is 9.33. The van der Waals surface area contributed by atoms with Crippen LogP contribution >= 0.6 is 12.2 Å². The number of sulfone groups is 1. The van der Waals surface area contributed by atoms with E-state index in [4.69, 9.17) is 17.3 Å². The van der Waals surface area contributed by atoms with E-state index in [1.54, 1.807) is 12.4 Å². The lowest BCUT2D eigenvalue weighted by Crippen LogP contribution is -2.40. The van der Waals surface area contributed by atoms with E-state index in [0.29, 0.717) is 23.8 Å². The third kappa shape index (κ3) is 4.64. The summed E-state index contributed by atoms with van der Waals surface area (Å²) in [5.74, 6) is 1.73. The minimum absolute atomic E-state index is 0.0236. The molecule has 1 fully saturated rings. The van der Waals surface area contributed by atoms with Gasteiger partial charge in [0.05, 0.1) is 18.2 Å². The van der Waals surface area contributed by atoms with Gasteiger partial charge in [0, 0.05) is 37.1 Å². The fourth-order valence-electron chi connectivity index (χ4n) is 3.56. The average Bonchev–Trinajstić information content (AvgIpc) is 3.14. The highest BCUT2D eigenvalue weighted by atomic mass is 32.2. The number of rotatable bonds is 7. The number of nitrogens with zero attached hydrogens (tertiary/aromatic N) is 5. The first-order chi connectivity index (χ1) is 12.8. The van der Waals surface area contributed by atoms with Gasteiger partial charge in [-0.3, -0.25) is 9.88 Å². The fourth-order valence-corrected chi connectivity index (χ4v) is 5.64. The second kappa shape index (κ2) is 8.20. The molecule has 0 bridgehead atoms. The minimum atomic E-state index is -2.94. The van der Waals surface area contributed by atoms with E-state index in [0.717, 1.165) is 24.5 Å². The maximum Gasteiger partial charge on any atom is 0.199 e. The van der Waals surface area contributed by atoms with Crippen molar-refractivity contribution in [3.05, 3.63) is 29.3 Å². The van der Waals surface area contributed by atoms with Crippen molar-refractivity contribution in [1.29, 1.82) is 0 Å². The topological polar surface area (TPSA) is 73.0 Å². The molecule has 27 heavy (non-hydrogen) atoms. The van der Waals surface area contributed by atoms with Gasteiger partial charge in [-0.05, 0) is 43.6 Å². The Morgan fingerprint density at radius 3 is 2.59 bits per heavy atom. The Hall–Kier alpha value is -1.58. The molecule has 0 spiro atoms. The standard InChI is InChI=1S/C18H27N5O2S2/c1-4-22-17(15-5-8-19-9-6-15)20-23(18(22)26)13-21(11-14(2)3)16-7-10-27(24,25)12-16/h5-6,8-9,14,16H,4,7,10-13H2,1-3H3. The zero-order valence-electron chi connectivity index (χ0n) is 16.1. The van der Waals surface area contributed by atoms with Crippen LogP contribution in [0.4, 0.5) is 0 Å². The Morgan fingerprint density at radius 2 is 2.04 bits per heavy atom. The maximum absolute atomic E-state index is 12.0. The Kier molecular flexibility index (Phi) is 6.12. The molecule has 0 aliphatic carbocycles. The molecule has 2 aromatic heterocycles. The molecular weight excluding hydrogens is 382 g/mol. The zero-order valence-corrected chi connectivity index (χ0v) is 17.7. The Morgan fingerprint density at radius 1 is 1.33 bits per heavy atom. The highest BCUT2D eigenvalue weighted by Crippen LogP contribution is 2.22. The van der Waals surface area contributed by atoms with E-state index in [-0.39, 0.29) is 17.5 Å². The molecule has 1 aliphatic heterocycles. The number of hydrogen-bond donors (Lipinski definition) is 0. The maximum atomic E-state index is 12.0. The normalized spacial score (nSPS) is 19.2. The van der Waals surface area contributed by atoms with Gasteiger partial charge < -0.3 is 4.57 Å². The van der Waals surface area contributed by atoms with Crippen molar-refractivity contribution >= 4 is 22.1 Å². The minimum Gasteiger partial charge on any atom is -0.300 e. The van der Waals surface area contributed by atoms with E-state index in [2.05, 4.69) is 23.7 Å². The summed E-state index contributed by atoms with van der Waals surface area (Å²) < 4.78 is 28.4. The lowest BCUT2D eigenvalue weighted by atomic mass is 10.1. The van der Waals surface area contributed by atoms with Crippen LogP contribution in [0.25, 0.3) is 11.4 Å². The van der Waals surface area contributed by atoms with Crippen molar-refractivity contribution in [2.45, 2.75) is 46.4 Å². The Bertz CT molecular complexity index is 934. The van der Waals surface area contributed by atoms with Gasteiger partial charge in [-0.2, -0.15) is 5.10 Å². The monoisotopic (exact) mass is 409 g/mol. The van der Waals surface area contributed by atoms with Gasteiger partial charge in [0.1, 0.15) is 0 Å². The summed E-state index contributed by atoms with van der Waals surface area (Å²) in [6.07, 6.45) is 4.16. The van der Waals surface area contributed by atoms with Crippen LogP contribution in [0, 0.1) is 10.7 Å². The second-order valence-corrected chi connectivity index (χ2v) is 10.0. The lowest BCUT2D eigenvalue weighted by Gasteiger charge is -2.29. The van der Waals surface area contributed by atoms with Crippen molar-refractivity contribution in [3.63, 3.8) is 0 Å². The molecular formula is C18H27N5O2S2. The van der Waals surface area contributed by atoms with Crippen LogP contribution in [0.15, 0.2) is 24.5 Å². The molecule has 1 atom stereocenters. The van der Waals surface area contributed by atoms with Gasteiger partial charge in [0.2, 0.25) is 0 Å².